The van der Waals surface area contributed by atoms with Crippen molar-refractivity contribution in [1.82, 2.24) is 0 Å². The maximum atomic E-state index is 10.6. The minimum absolute atomic E-state index is 0.0316. The number of fused-ring (bicyclic) bond motifs is 1. The van der Waals surface area contributed by atoms with Crippen molar-refractivity contribution in [2.75, 3.05) is 0 Å². The molecule has 0 saturated carbocycles. The summed E-state index contributed by atoms with van der Waals surface area (Å²) in [4.78, 5) is 10.6. The van der Waals surface area contributed by atoms with E-state index in [1.54, 1.807) is 0 Å². The smallest absolute Gasteiger partial charge is 0.137 e. The summed E-state index contributed by atoms with van der Waals surface area (Å²) in [5, 5.41) is 11.5. The van der Waals surface area contributed by atoms with Crippen LogP contribution < -0.4 is 5.11 Å². The normalized spacial score (nSPS) is 11.9. The number of carboxylic acid groups (broad SMARTS) is 1. The van der Waals surface area contributed by atoms with Crippen molar-refractivity contribution in [2.45, 2.75) is 32.6 Å². The third kappa shape index (κ3) is 2.18. The van der Waals surface area contributed by atoms with E-state index >= 15 is 0 Å². The van der Waals surface area contributed by atoms with Crippen LogP contribution in [0.25, 0.3) is 11.0 Å². The standard InChI is InChI=1S/C14H16O3/c1-14(2,3)11-6-4-5-10-9(7-12(15)16)8-17-13(10)11/h4-6,8H,7H2,1-3H3,(H,15,16)/p-1. The largest absolute Gasteiger partial charge is 0.550 e. The van der Waals surface area contributed by atoms with E-state index in [4.69, 9.17) is 4.42 Å². The monoisotopic (exact) mass is 231 g/mol. The average Bonchev–Trinajstić information content (AvgIpc) is 2.59. The molecule has 0 radical (unpaired) electrons. The van der Waals surface area contributed by atoms with Gasteiger partial charge >= 0.3 is 0 Å². The van der Waals surface area contributed by atoms with E-state index in [2.05, 4.69) is 20.8 Å². The minimum atomic E-state index is -1.09. The molecule has 0 amide bonds. The van der Waals surface area contributed by atoms with Crippen molar-refractivity contribution >= 4 is 16.9 Å². The Morgan fingerprint density at radius 3 is 2.65 bits per heavy atom. The zero-order valence-electron chi connectivity index (χ0n) is 10.2. The van der Waals surface area contributed by atoms with Gasteiger partial charge in [0.1, 0.15) is 5.58 Å². The van der Waals surface area contributed by atoms with Crippen LogP contribution in [0.5, 0.6) is 0 Å². The van der Waals surface area contributed by atoms with Crippen LogP contribution in [-0.4, -0.2) is 5.97 Å². The number of carbonyl (C=O) groups excluding carboxylic acids is 1. The number of hydrogen-bond donors (Lipinski definition) is 0. The maximum absolute atomic E-state index is 10.6. The van der Waals surface area contributed by atoms with Crippen LogP contribution >= 0.6 is 0 Å². The summed E-state index contributed by atoms with van der Waals surface area (Å²) in [6.07, 6.45) is 1.40. The van der Waals surface area contributed by atoms with E-state index in [0.29, 0.717) is 5.56 Å². The molecule has 0 saturated heterocycles. The summed E-state index contributed by atoms with van der Waals surface area (Å²) in [7, 11) is 0. The third-order valence-electron chi connectivity index (χ3n) is 2.82. The summed E-state index contributed by atoms with van der Waals surface area (Å²) in [5.41, 5.74) is 2.50. The van der Waals surface area contributed by atoms with Gasteiger partial charge in [-0.2, -0.15) is 0 Å². The highest BCUT2D eigenvalue weighted by Gasteiger charge is 2.19. The van der Waals surface area contributed by atoms with Gasteiger partial charge in [0.15, 0.2) is 0 Å². The molecule has 3 heteroatoms. The first-order valence-electron chi connectivity index (χ1n) is 5.59. The molecule has 0 N–H and O–H groups in total. The SMILES string of the molecule is CC(C)(C)c1cccc2c(CC(=O)[O-])coc12. The molecule has 0 aliphatic rings. The number of aliphatic carboxylic acids is 1. The number of carbonyl (C=O) groups is 1. The van der Waals surface area contributed by atoms with Gasteiger partial charge in [0.25, 0.3) is 0 Å². The van der Waals surface area contributed by atoms with Crippen molar-refractivity contribution in [3.63, 3.8) is 0 Å². The van der Waals surface area contributed by atoms with Crippen LogP contribution in [0, 0.1) is 0 Å². The lowest BCUT2D eigenvalue weighted by Crippen LogP contribution is -2.24. The fourth-order valence-corrected chi connectivity index (χ4v) is 1.99. The third-order valence-corrected chi connectivity index (χ3v) is 2.82. The Morgan fingerprint density at radius 1 is 1.35 bits per heavy atom. The molecule has 0 spiro atoms. The maximum Gasteiger partial charge on any atom is 0.137 e. The molecule has 2 rings (SSSR count). The first-order valence-corrected chi connectivity index (χ1v) is 5.59. The Hall–Kier alpha value is -1.77. The molecule has 1 heterocycles. The summed E-state index contributed by atoms with van der Waals surface area (Å²) in [6.45, 7) is 6.30. The van der Waals surface area contributed by atoms with E-state index < -0.39 is 5.97 Å². The Balaban J connectivity index is 2.61. The number of hydrogen-bond acceptors (Lipinski definition) is 3. The molecule has 90 valence electrons. The summed E-state index contributed by atoms with van der Waals surface area (Å²) >= 11 is 0. The molecule has 0 aliphatic carbocycles. The molecule has 3 nitrogen and oxygen atoms in total. The zero-order chi connectivity index (χ0) is 12.6. The Labute approximate surface area is 100 Å². The second-order valence-corrected chi connectivity index (χ2v) is 5.24. The van der Waals surface area contributed by atoms with Crippen LogP contribution in [0.2, 0.25) is 0 Å². The molecule has 1 aromatic heterocycles. The Bertz CT molecular complexity index is 558. The van der Waals surface area contributed by atoms with E-state index in [0.717, 1.165) is 16.5 Å². The highest BCUT2D eigenvalue weighted by Crippen LogP contribution is 2.32. The number of benzene rings is 1. The summed E-state index contributed by atoms with van der Waals surface area (Å²) in [6, 6.07) is 5.82. The van der Waals surface area contributed by atoms with Gasteiger partial charge in [0.2, 0.25) is 0 Å². The first kappa shape index (κ1) is 11.7. The van der Waals surface area contributed by atoms with Gasteiger partial charge in [0, 0.05) is 28.9 Å². The predicted molar refractivity (Wildman–Crippen MR) is 63.6 cm³/mol. The van der Waals surface area contributed by atoms with Crippen molar-refractivity contribution in [1.29, 1.82) is 0 Å². The number of para-hydroxylation sites is 1. The fourth-order valence-electron chi connectivity index (χ4n) is 1.99. The fraction of sp³-hybridized carbons (Fsp3) is 0.357. The molecular weight excluding hydrogens is 216 g/mol. The molecular formula is C14H15O3-. The van der Waals surface area contributed by atoms with Crippen LogP contribution in [0.3, 0.4) is 0 Å². The van der Waals surface area contributed by atoms with Crippen molar-refractivity contribution in [2.24, 2.45) is 0 Å². The van der Waals surface area contributed by atoms with Gasteiger partial charge in [-0.3, -0.25) is 0 Å². The molecule has 2 aromatic rings. The van der Waals surface area contributed by atoms with Crippen LogP contribution in [0.4, 0.5) is 0 Å². The molecule has 17 heavy (non-hydrogen) atoms. The van der Waals surface area contributed by atoms with Gasteiger partial charge in [-0.1, -0.05) is 39.0 Å². The highest BCUT2D eigenvalue weighted by molar-refractivity contribution is 5.87. The number of rotatable bonds is 2. The molecule has 0 fully saturated rings. The van der Waals surface area contributed by atoms with Gasteiger partial charge < -0.3 is 14.3 Å². The van der Waals surface area contributed by atoms with Gasteiger partial charge in [-0.25, -0.2) is 0 Å². The topological polar surface area (TPSA) is 53.3 Å². The Morgan fingerprint density at radius 2 is 2.06 bits per heavy atom. The lowest BCUT2D eigenvalue weighted by molar-refractivity contribution is -0.304. The number of furan rings is 1. The van der Waals surface area contributed by atoms with Crippen molar-refractivity contribution in [3.05, 3.63) is 35.6 Å². The van der Waals surface area contributed by atoms with E-state index in [1.807, 2.05) is 18.2 Å². The molecule has 1 aromatic carbocycles. The lowest BCUT2D eigenvalue weighted by atomic mass is 9.86. The summed E-state index contributed by atoms with van der Waals surface area (Å²) < 4.78 is 5.52. The number of carboxylic acids is 1. The summed E-state index contributed by atoms with van der Waals surface area (Å²) in [5.74, 6) is -1.09. The first-order chi connectivity index (χ1) is 7.89. The van der Waals surface area contributed by atoms with Gasteiger partial charge in [-0.05, 0) is 5.41 Å². The van der Waals surface area contributed by atoms with Gasteiger partial charge in [0.05, 0.1) is 6.26 Å². The van der Waals surface area contributed by atoms with E-state index in [9.17, 15) is 9.90 Å². The van der Waals surface area contributed by atoms with E-state index in [1.165, 1.54) is 6.26 Å². The highest BCUT2D eigenvalue weighted by atomic mass is 16.4. The molecule has 0 bridgehead atoms. The molecule has 0 aliphatic heterocycles. The van der Waals surface area contributed by atoms with Crippen molar-refractivity contribution < 1.29 is 14.3 Å². The zero-order valence-corrected chi connectivity index (χ0v) is 10.2. The second kappa shape index (κ2) is 3.91. The van der Waals surface area contributed by atoms with Gasteiger partial charge in [-0.15, -0.1) is 0 Å². The Kier molecular flexibility index (Phi) is 2.69. The van der Waals surface area contributed by atoms with Crippen LogP contribution in [-0.2, 0) is 16.6 Å². The van der Waals surface area contributed by atoms with Crippen LogP contribution in [0.15, 0.2) is 28.9 Å². The lowest BCUT2D eigenvalue weighted by Gasteiger charge is -2.18. The van der Waals surface area contributed by atoms with Crippen LogP contribution in [0.1, 0.15) is 31.9 Å². The molecule has 0 atom stereocenters. The predicted octanol–water partition coefficient (Wildman–Crippen LogP) is 2.02. The quantitative estimate of drug-likeness (QED) is 0.794. The second-order valence-electron chi connectivity index (χ2n) is 5.24. The molecule has 0 unspecified atom stereocenters. The minimum Gasteiger partial charge on any atom is -0.550 e. The van der Waals surface area contributed by atoms with Crippen molar-refractivity contribution in [3.8, 4) is 0 Å². The average molecular weight is 231 g/mol. The van der Waals surface area contributed by atoms with E-state index in [-0.39, 0.29) is 11.8 Å².